The molecule has 0 atom stereocenters. The van der Waals surface area contributed by atoms with Gasteiger partial charge >= 0.3 is 6.03 Å². The number of aryl methyl sites for hydroxylation is 1. The van der Waals surface area contributed by atoms with Crippen LogP contribution in [0.4, 0.5) is 16.2 Å². The lowest BCUT2D eigenvalue weighted by molar-refractivity contribution is -0.115. The van der Waals surface area contributed by atoms with E-state index in [0.29, 0.717) is 34.4 Å². The third-order valence-electron chi connectivity index (χ3n) is 4.31. The number of anilines is 2. The Bertz CT molecular complexity index is 869. The Labute approximate surface area is 176 Å². The van der Waals surface area contributed by atoms with E-state index in [1.165, 1.54) is 0 Å². The van der Waals surface area contributed by atoms with Crippen LogP contribution in [0.25, 0.3) is 0 Å². The molecule has 0 aliphatic rings. The molecule has 0 aliphatic carbocycles. The molecule has 0 radical (unpaired) electrons. The van der Waals surface area contributed by atoms with E-state index in [1.54, 1.807) is 30.0 Å². The summed E-state index contributed by atoms with van der Waals surface area (Å²) in [6.07, 6.45) is 0.389. The first-order valence-electron chi connectivity index (χ1n) is 9.13. The zero-order chi connectivity index (χ0) is 20.8. The number of benzene rings is 2. The Balaban J connectivity index is 2.18. The van der Waals surface area contributed by atoms with Crippen molar-refractivity contribution < 1.29 is 9.59 Å². The van der Waals surface area contributed by atoms with Crippen molar-refractivity contribution in [3.63, 3.8) is 0 Å². The van der Waals surface area contributed by atoms with Crippen molar-refractivity contribution in [1.82, 2.24) is 4.90 Å². The van der Waals surface area contributed by atoms with Gasteiger partial charge in [0.2, 0.25) is 5.91 Å². The predicted octanol–water partition coefficient (Wildman–Crippen LogP) is 6.09. The van der Waals surface area contributed by atoms with Gasteiger partial charge in [0, 0.05) is 30.4 Å². The maximum absolute atomic E-state index is 12.9. The number of hydrogen-bond donors (Lipinski definition) is 2. The highest BCUT2D eigenvalue weighted by Crippen LogP contribution is 2.25. The Hall–Kier alpha value is -2.24. The summed E-state index contributed by atoms with van der Waals surface area (Å²) in [4.78, 5) is 26.3. The molecule has 0 saturated heterocycles. The van der Waals surface area contributed by atoms with Gasteiger partial charge in [0.05, 0.1) is 10.0 Å². The van der Waals surface area contributed by atoms with Gasteiger partial charge in [0.1, 0.15) is 0 Å². The Morgan fingerprint density at radius 2 is 1.75 bits per heavy atom. The highest BCUT2D eigenvalue weighted by Gasteiger charge is 2.19. The van der Waals surface area contributed by atoms with E-state index in [4.69, 9.17) is 23.2 Å². The third kappa shape index (κ3) is 5.88. The van der Waals surface area contributed by atoms with Gasteiger partial charge in [-0.3, -0.25) is 4.79 Å². The maximum atomic E-state index is 12.9. The number of carbonyl (C=O) groups excluding carboxylic acids is 2. The average Bonchev–Trinajstić information content (AvgIpc) is 2.64. The third-order valence-corrected chi connectivity index (χ3v) is 5.04. The van der Waals surface area contributed by atoms with Crippen molar-refractivity contribution in [2.45, 2.75) is 46.7 Å². The molecule has 0 fully saturated rings. The van der Waals surface area contributed by atoms with Crippen molar-refractivity contribution in [2.24, 2.45) is 0 Å². The number of carbonyl (C=O) groups is 2. The second kappa shape index (κ2) is 9.80. The van der Waals surface area contributed by atoms with E-state index in [-0.39, 0.29) is 18.0 Å². The molecule has 2 aromatic rings. The van der Waals surface area contributed by atoms with E-state index >= 15 is 0 Å². The standard InChI is InChI=1S/C21H25Cl2N3O2/c1-5-20(27)24-16-8-6-14(4)19(11-16)25-21(28)26(13(2)3)12-15-7-9-17(22)18(23)10-15/h6-11,13H,5,12H2,1-4H3,(H,24,27)(H,25,28). The highest BCUT2D eigenvalue weighted by atomic mass is 35.5. The quantitative estimate of drug-likeness (QED) is 0.592. The summed E-state index contributed by atoms with van der Waals surface area (Å²) in [7, 11) is 0. The average molecular weight is 422 g/mol. The van der Waals surface area contributed by atoms with Gasteiger partial charge in [-0.1, -0.05) is 42.3 Å². The largest absolute Gasteiger partial charge is 0.326 e. The van der Waals surface area contributed by atoms with E-state index < -0.39 is 0 Å². The summed E-state index contributed by atoms with van der Waals surface area (Å²) in [6, 6.07) is 10.5. The zero-order valence-electron chi connectivity index (χ0n) is 16.5. The van der Waals surface area contributed by atoms with Crippen molar-refractivity contribution in [3.05, 3.63) is 57.6 Å². The molecule has 2 aromatic carbocycles. The molecule has 5 nitrogen and oxygen atoms in total. The lowest BCUT2D eigenvalue weighted by Crippen LogP contribution is -2.39. The van der Waals surface area contributed by atoms with Gasteiger partial charge in [0.15, 0.2) is 0 Å². The van der Waals surface area contributed by atoms with Gasteiger partial charge < -0.3 is 15.5 Å². The minimum Gasteiger partial charge on any atom is -0.326 e. The van der Waals surface area contributed by atoms with Crippen LogP contribution in [0, 0.1) is 6.92 Å². The molecule has 0 aliphatic heterocycles. The summed E-state index contributed by atoms with van der Waals surface area (Å²) in [5, 5.41) is 6.69. The summed E-state index contributed by atoms with van der Waals surface area (Å²) < 4.78 is 0. The minimum absolute atomic E-state index is 0.0299. The van der Waals surface area contributed by atoms with Gasteiger partial charge in [-0.25, -0.2) is 4.79 Å². The maximum Gasteiger partial charge on any atom is 0.322 e. The molecule has 0 saturated carbocycles. The SMILES string of the molecule is CCC(=O)Nc1ccc(C)c(NC(=O)N(Cc2ccc(Cl)c(Cl)c2)C(C)C)c1. The van der Waals surface area contributed by atoms with E-state index in [0.717, 1.165) is 11.1 Å². The monoisotopic (exact) mass is 421 g/mol. The predicted molar refractivity (Wildman–Crippen MR) is 116 cm³/mol. The first-order chi connectivity index (χ1) is 13.2. The molecule has 0 heterocycles. The number of nitrogens with one attached hydrogen (secondary N) is 2. The van der Waals surface area contributed by atoms with Gasteiger partial charge in [-0.15, -0.1) is 0 Å². The van der Waals surface area contributed by atoms with Gasteiger partial charge in [-0.05, 0) is 56.2 Å². The van der Waals surface area contributed by atoms with Crippen molar-refractivity contribution in [1.29, 1.82) is 0 Å². The van der Waals surface area contributed by atoms with Crippen molar-refractivity contribution >= 4 is 46.5 Å². The zero-order valence-corrected chi connectivity index (χ0v) is 18.0. The van der Waals surface area contributed by atoms with Crippen LogP contribution >= 0.6 is 23.2 Å². The topological polar surface area (TPSA) is 61.4 Å². The van der Waals surface area contributed by atoms with Crippen LogP contribution in [0.15, 0.2) is 36.4 Å². The van der Waals surface area contributed by atoms with Gasteiger partial charge in [0.25, 0.3) is 0 Å². The Morgan fingerprint density at radius 1 is 1.04 bits per heavy atom. The van der Waals surface area contributed by atoms with E-state index in [1.807, 2.05) is 39.0 Å². The molecule has 2 N–H and O–H groups in total. The van der Waals surface area contributed by atoms with E-state index in [9.17, 15) is 9.59 Å². The molecule has 0 bridgehead atoms. The first-order valence-corrected chi connectivity index (χ1v) is 9.89. The van der Waals surface area contributed by atoms with Crippen LogP contribution in [0.1, 0.15) is 38.3 Å². The summed E-state index contributed by atoms with van der Waals surface area (Å²) >= 11 is 12.1. The van der Waals surface area contributed by atoms with Crippen molar-refractivity contribution in [3.8, 4) is 0 Å². The van der Waals surface area contributed by atoms with E-state index in [2.05, 4.69) is 10.6 Å². The number of urea groups is 1. The molecular formula is C21H25Cl2N3O2. The summed E-state index contributed by atoms with van der Waals surface area (Å²) in [5.74, 6) is -0.0791. The molecule has 7 heteroatoms. The smallest absolute Gasteiger partial charge is 0.322 e. The molecule has 0 spiro atoms. The van der Waals surface area contributed by atoms with Crippen LogP contribution in [0.2, 0.25) is 10.0 Å². The minimum atomic E-state index is -0.233. The lowest BCUT2D eigenvalue weighted by Gasteiger charge is -2.27. The fourth-order valence-electron chi connectivity index (χ4n) is 2.59. The second-order valence-electron chi connectivity index (χ2n) is 6.83. The molecule has 0 unspecified atom stereocenters. The first kappa shape index (κ1) is 22.1. The molecular weight excluding hydrogens is 397 g/mol. The van der Waals surface area contributed by atoms with Crippen LogP contribution in [-0.2, 0) is 11.3 Å². The number of hydrogen-bond acceptors (Lipinski definition) is 2. The van der Waals surface area contributed by atoms with Crippen molar-refractivity contribution in [2.75, 3.05) is 10.6 Å². The molecule has 28 heavy (non-hydrogen) atoms. The van der Waals surface area contributed by atoms with Gasteiger partial charge in [-0.2, -0.15) is 0 Å². The highest BCUT2D eigenvalue weighted by molar-refractivity contribution is 6.42. The summed E-state index contributed by atoms with van der Waals surface area (Å²) in [6.45, 7) is 7.98. The van der Waals surface area contributed by atoms with Crippen LogP contribution in [0.3, 0.4) is 0 Å². The number of amides is 3. The molecule has 2 rings (SSSR count). The van der Waals surface area contributed by atoms with Crippen LogP contribution < -0.4 is 10.6 Å². The molecule has 3 amide bonds. The Morgan fingerprint density at radius 3 is 2.36 bits per heavy atom. The summed E-state index contributed by atoms with van der Waals surface area (Å²) in [5.41, 5.74) is 3.09. The molecule has 0 aromatic heterocycles. The second-order valence-corrected chi connectivity index (χ2v) is 7.65. The molecule has 150 valence electrons. The fraction of sp³-hybridized carbons (Fsp3) is 0.333. The van der Waals surface area contributed by atoms with Crippen LogP contribution in [0.5, 0.6) is 0 Å². The fourth-order valence-corrected chi connectivity index (χ4v) is 2.92. The lowest BCUT2D eigenvalue weighted by atomic mass is 10.1. The Kier molecular flexibility index (Phi) is 7.72. The number of halogens is 2. The number of nitrogens with zero attached hydrogens (tertiary/aromatic N) is 1. The normalized spacial score (nSPS) is 10.7. The van der Waals surface area contributed by atoms with Crippen LogP contribution in [-0.4, -0.2) is 22.9 Å². The number of rotatable bonds is 6.